The minimum Gasteiger partial charge on any atom is -0.497 e. The molecule has 1 N–H and O–H groups in total. The van der Waals surface area contributed by atoms with Gasteiger partial charge in [-0.1, -0.05) is 48.5 Å². The van der Waals surface area contributed by atoms with Crippen molar-refractivity contribution in [1.29, 1.82) is 5.41 Å². The van der Waals surface area contributed by atoms with Gasteiger partial charge in [0.15, 0.2) is 0 Å². The van der Waals surface area contributed by atoms with Crippen LogP contribution in [-0.2, 0) is 11.3 Å². The molecule has 7 heteroatoms. The first-order valence-electron chi connectivity index (χ1n) is 12.0. The van der Waals surface area contributed by atoms with E-state index in [0.717, 1.165) is 71.8 Å². The van der Waals surface area contributed by atoms with E-state index in [0.29, 0.717) is 17.9 Å². The summed E-state index contributed by atoms with van der Waals surface area (Å²) < 4.78 is 19.2. The second kappa shape index (κ2) is 9.17. The first kappa shape index (κ1) is 21.8. The molecule has 0 spiro atoms. The maximum absolute atomic E-state index is 9.18. The fourth-order valence-electron chi connectivity index (χ4n) is 5.09. The Hall–Kier alpha value is -3.68. The molecule has 6 rings (SSSR count). The highest BCUT2D eigenvalue weighted by atomic mass is 16.5. The molecule has 4 aromatic rings. The molecule has 3 aromatic carbocycles. The van der Waals surface area contributed by atoms with Gasteiger partial charge in [0, 0.05) is 43.0 Å². The van der Waals surface area contributed by atoms with Crippen molar-refractivity contribution < 1.29 is 14.2 Å². The van der Waals surface area contributed by atoms with E-state index in [1.54, 1.807) is 13.4 Å². The Morgan fingerprint density at radius 3 is 2.60 bits per heavy atom. The minimum absolute atomic E-state index is 0.167. The van der Waals surface area contributed by atoms with Gasteiger partial charge in [0.05, 0.1) is 25.9 Å². The summed E-state index contributed by atoms with van der Waals surface area (Å²) >= 11 is 0. The Kier molecular flexibility index (Phi) is 5.72. The van der Waals surface area contributed by atoms with Crippen molar-refractivity contribution in [2.45, 2.75) is 12.5 Å². The number of hydrogen-bond acceptors (Lipinski definition) is 6. The predicted octanol–water partition coefficient (Wildman–Crippen LogP) is 4.14. The van der Waals surface area contributed by atoms with E-state index in [2.05, 4.69) is 41.3 Å². The lowest BCUT2D eigenvalue weighted by molar-refractivity contribution is 0.0362. The molecule has 178 valence electrons. The van der Waals surface area contributed by atoms with Crippen molar-refractivity contribution >= 4 is 10.8 Å². The fraction of sp³-hybridized carbons (Fsp3) is 0.286. The molecule has 3 heterocycles. The molecule has 1 fully saturated rings. The molecule has 2 aliphatic rings. The lowest BCUT2D eigenvalue weighted by Gasteiger charge is -2.30. The Balaban J connectivity index is 1.46. The van der Waals surface area contributed by atoms with Crippen molar-refractivity contribution in [2.24, 2.45) is 0 Å². The van der Waals surface area contributed by atoms with Crippen molar-refractivity contribution in [2.75, 3.05) is 40.0 Å². The molecule has 0 saturated carbocycles. The smallest absolute Gasteiger partial charge is 0.228 e. The van der Waals surface area contributed by atoms with Gasteiger partial charge >= 0.3 is 0 Å². The highest BCUT2D eigenvalue weighted by Crippen LogP contribution is 2.47. The second-order valence-electron chi connectivity index (χ2n) is 8.97. The SMILES string of the molecule is COc1ccc([C@@H]2c3ccc4ccccc4c3Oc3ncn(CCN4CCOCC4)c(=N)c32)cc1. The zero-order valence-corrected chi connectivity index (χ0v) is 19.7. The molecule has 0 radical (unpaired) electrons. The molecule has 0 bridgehead atoms. The van der Waals surface area contributed by atoms with Crippen LogP contribution in [0.15, 0.2) is 67.0 Å². The largest absolute Gasteiger partial charge is 0.497 e. The average molecular weight is 469 g/mol. The topological polar surface area (TPSA) is 72.6 Å². The zero-order valence-electron chi connectivity index (χ0n) is 19.7. The lowest BCUT2D eigenvalue weighted by Crippen LogP contribution is -2.40. The number of ether oxygens (including phenoxy) is 3. The summed E-state index contributed by atoms with van der Waals surface area (Å²) in [6.45, 7) is 4.92. The summed E-state index contributed by atoms with van der Waals surface area (Å²) in [5, 5.41) is 11.3. The lowest BCUT2D eigenvalue weighted by atomic mass is 9.83. The molecule has 0 aliphatic carbocycles. The predicted molar refractivity (Wildman–Crippen MR) is 133 cm³/mol. The maximum Gasteiger partial charge on any atom is 0.228 e. The van der Waals surface area contributed by atoms with Crippen molar-refractivity contribution in [3.8, 4) is 17.4 Å². The Morgan fingerprint density at radius 2 is 1.80 bits per heavy atom. The van der Waals surface area contributed by atoms with E-state index < -0.39 is 0 Å². The highest BCUT2D eigenvalue weighted by Gasteiger charge is 2.33. The third-order valence-electron chi connectivity index (χ3n) is 7.01. The van der Waals surface area contributed by atoms with Crippen LogP contribution >= 0.6 is 0 Å². The van der Waals surface area contributed by atoms with Gasteiger partial charge < -0.3 is 18.8 Å². The number of methoxy groups -OCH3 is 1. The molecule has 35 heavy (non-hydrogen) atoms. The Morgan fingerprint density at radius 1 is 1.00 bits per heavy atom. The number of morpholine rings is 1. The number of benzene rings is 3. The Bertz CT molecular complexity index is 1420. The zero-order chi connectivity index (χ0) is 23.8. The maximum atomic E-state index is 9.18. The number of nitrogens with zero attached hydrogens (tertiary/aromatic N) is 3. The highest BCUT2D eigenvalue weighted by molar-refractivity contribution is 5.91. The number of fused-ring (bicyclic) bond motifs is 4. The molecule has 1 aromatic heterocycles. The van der Waals surface area contributed by atoms with E-state index in [9.17, 15) is 5.41 Å². The summed E-state index contributed by atoms with van der Waals surface area (Å²) in [7, 11) is 1.67. The number of aromatic nitrogens is 2. The van der Waals surface area contributed by atoms with Crippen LogP contribution in [0.3, 0.4) is 0 Å². The Labute approximate surface area is 204 Å². The van der Waals surface area contributed by atoms with Crippen LogP contribution in [0.4, 0.5) is 0 Å². The molecule has 0 amide bonds. The molecular formula is C28H28N4O3. The van der Waals surface area contributed by atoms with E-state index in [-0.39, 0.29) is 5.92 Å². The molecular weight excluding hydrogens is 440 g/mol. The first-order chi connectivity index (χ1) is 17.2. The summed E-state index contributed by atoms with van der Waals surface area (Å²) in [4.78, 5) is 7.08. The van der Waals surface area contributed by atoms with Gasteiger partial charge in [0.25, 0.3) is 0 Å². The van der Waals surface area contributed by atoms with Crippen molar-refractivity contribution in [3.63, 3.8) is 0 Å². The fourth-order valence-corrected chi connectivity index (χ4v) is 5.09. The van der Waals surface area contributed by atoms with E-state index >= 15 is 0 Å². The summed E-state index contributed by atoms with van der Waals surface area (Å²) in [5.41, 5.74) is 3.35. The van der Waals surface area contributed by atoms with Crippen LogP contribution in [0.25, 0.3) is 10.8 Å². The monoisotopic (exact) mass is 468 g/mol. The number of nitrogens with one attached hydrogen (secondary N) is 1. The van der Waals surface area contributed by atoms with Gasteiger partial charge in [0.1, 0.15) is 23.3 Å². The standard InChI is InChI=1S/C28H28N4O3/c1-33-21-9-6-20(7-10-21)24-23-11-8-19-4-2-3-5-22(19)26(23)35-28-25(24)27(29)32(18-30-28)13-12-31-14-16-34-17-15-31/h2-11,18,24,29H,12-17H2,1H3/t24-/m1/s1. The van der Waals surface area contributed by atoms with E-state index in [4.69, 9.17) is 19.2 Å². The van der Waals surface area contributed by atoms with Crippen molar-refractivity contribution in [3.05, 3.63) is 89.2 Å². The van der Waals surface area contributed by atoms with Gasteiger partial charge in [-0.25, -0.2) is 4.98 Å². The van der Waals surface area contributed by atoms with Crippen molar-refractivity contribution in [1.82, 2.24) is 14.5 Å². The van der Waals surface area contributed by atoms with Gasteiger partial charge in [-0.3, -0.25) is 10.3 Å². The average Bonchev–Trinajstić information content (AvgIpc) is 2.92. The van der Waals surface area contributed by atoms with Gasteiger partial charge in [0.2, 0.25) is 5.88 Å². The van der Waals surface area contributed by atoms with Gasteiger partial charge in [-0.2, -0.15) is 0 Å². The van der Waals surface area contributed by atoms with Crippen LogP contribution < -0.4 is 15.0 Å². The van der Waals surface area contributed by atoms with Crippen LogP contribution in [0.5, 0.6) is 17.4 Å². The summed E-state index contributed by atoms with van der Waals surface area (Å²) in [5.74, 6) is 1.95. The molecule has 0 unspecified atom stereocenters. The normalized spacial score (nSPS) is 17.5. The third-order valence-corrected chi connectivity index (χ3v) is 7.01. The van der Waals surface area contributed by atoms with Gasteiger partial charge in [-0.15, -0.1) is 0 Å². The molecule has 2 aliphatic heterocycles. The molecule has 1 atom stereocenters. The van der Waals surface area contributed by atoms with Crippen LogP contribution in [0, 0.1) is 5.41 Å². The molecule has 1 saturated heterocycles. The third kappa shape index (κ3) is 3.96. The van der Waals surface area contributed by atoms with E-state index in [1.807, 2.05) is 28.8 Å². The van der Waals surface area contributed by atoms with Gasteiger partial charge in [-0.05, 0) is 23.1 Å². The quantitative estimate of drug-likeness (QED) is 0.420. The number of hydrogen-bond donors (Lipinski definition) is 1. The summed E-state index contributed by atoms with van der Waals surface area (Å²) in [6.07, 6.45) is 1.74. The van der Waals surface area contributed by atoms with Crippen LogP contribution in [-0.4, -0.2) is 54.4 Å². The summed E-state index contributed by atoms with van der Waals surface area (Å²) in [6, 6.07) is 20.6. The molecule has 7 nitrogen and oxygen atoms in total. The number of rotatable bonds is 5. The first-order valence-corrected chi connectivity index (χ1v) is 12.0. The van der Waals surface area contributed by atoms with Crippen LogP contribution in [0.2, 0.25) is 0 Å². The second-order valence-corrected chi connectivity index (χ2v) is 8.97. The van der Waals surface area contributed by atoms with E-state index in [1.165, 1.54) is 0 Å². The van der Waals surface area contributed by atoms with Crippen LogP contribution in [0.1, 0.15) is 22.6 Å². The minimum atomic E-state index is -0.167.